The van der Waals surface area contributed by atoms with Crippen LogP contribution < -0.4 is 10.6 Å². The minimum atomic E-state index is -0.318. The summed E-state index contributed by atoms with van der Waals surface area (Å²) in [4.78, 5) is 9.60. The van der Waals surface area contributed by atoms with E-state index in [1.807, 2.05) is 26.8 Å². The number of aromatic hydroxyl groups is 1. The summed E-state index contributed by atoms with van der Waals surface area (Å²) in [7, 11) is 0. The van der Waals surface area contributed by atoms with Gasteiger partial charge in [0, 0.05) is 17.1 Å². The lowest BCUT2D eigenvalue weighted by Gasteiger charge is -2.25. The molecule has 1 aliphatic rings. The lowest BCUT2D eigenvalue weighted by atomic mass is 10.1. The summed E-state index contributed by atoms with van der Waals surface area (Å²) in [5.74, 6) is 0.223. The average molecular weight is 329 g/mol. The maximum Gasteiger partial charge on any atom is 0.293 e. The number of carbonyl (C=O) groups excluding carboxylic acids is 1. The smallest absolute Gasteiger partial charge is 0.293 e. The van der Waals surface area contributed by atoms with E-state index in [0.29, 0.717) is 17.5 Å². The molecule has 1 heterocycles. The zero-order chi connectivity index (χ0) is 16.6. The fourth-order valence-electron chi connectivity index (χ4n) is 1.96. The molecule has 1 fully saturated rings. The Morgan fingerprint density at radius 2 is 2.00 bits per heavy atom. The number of phenols is 1. The predicted octanol–water partition coefficient (Wildman–Crippen LogP) is 3.17. The summed E-state index contributed by atoms with van der Waals surface area (Å²) in [5.41, 5.74) is 0.452. The number of ether oxygens (including phenoxy) is 1. The van der Waals surface area contributed by atoms with Crippen LogP contribution in [0.5, 0.6) is 5.75 Å². The largest absolute Gasteiger partial charge is 0.506 e. The molecule has 22 heavy (non-hydrogen) atoms. The van der Waals surface area contributed by atoms with Gasteiger partial charge in [0.15, 0.2) is 0 Å². The molecule has 0 radical (unpaired) electrons. The summed E-state index contributed by atoms with van der Waals surface area (Å²) in [5, 5.41) is 16.8. The van der Waals surface area contributed by atoms with Crippen molar-refractivity contribution in [3.8, 4) is 5.75 Å². The van der Waals surface area contributed by atoms with E-state index < -0.39 is 0 Å². The van der Waals surface area contributed by atoms with Crippen molar-refractivity contribution in [3.05, 3.63) is 23.2 Å². The first kappa shape index (κ1) is 18.6. The molecule has 1 aliphatic heterocycles. The lowest BCUT2D eigenvalue weighted by molar-refractivity contribution is -0.138. The quantitative estimate of drug-likeness (QED) is 0.587. The number of carbonyl (C=O) groups is 1. The van der Waals surface area contributed by atoms with Crippen LogP contribution in [0.4, 0.5) is 5.69 Å². The maximum atomic E-state index is 9.66. The molecule has 2 rings (SSSR count). The van der Waals surface area contributed by atoms with E-state index in [9.17, 15) is 9.90 Å². The third-order valence-electron chi connectivity index (χ3n) is 3.06. The molecule has 6 heteroatoms. The van der Waals surface area contributed by atoms with Crippen molar-refractivity contribution in [3.63, 3.8) is 0 Å². The number of rotatable bonds is 3. The van der Waals surface area contributed by atoms with Crippen molar-refractivity contribution in [1.82, 2.24) is 5.32 Å². The van der Waals surface area contributed by atoms with E-state index >= 15 is 0 Å². The van der Waals surface area contributed by atoms with Crippen molar-refractivity contribution >= 4 is 23.8 Å². The van der Waals surface area contributed by atoms with Crippen LogP contribution >= 0.6 is 11.6 Å². The molecule has 0 spiro atoms. The zero-order valence-corrected chi connectivity index (χ0v) is 14.1. The molecule has 0 saturated carbocycles. The van der Waals surface area contributed by atoms with Gasteiger partial charge >= 0.3 is 0 Å². The fourth-order valence-corrected chi connectivity index (χ4v) is 2.12. The predicted molar refractivity (Wildman–Crippen MR) is 89.5 cm³/mol. The van der Waals surface area contributed by atoms with Gasteiger partial charge in [-0.3, -0.25) is 4.79 Å². The van der Waals surface area contributed by atoms with E-state index in [4.69, 9.17) is 11.6 Å². The Morgan fingerprint density at radius 3 is 2.45 bits per heavy atom. The van der Waals surface area contributed by atoms with Gasteiger partial charge in [0.25, 0.3) is 6.47 Å². The molecule has 124 valence electrons. The summed E-state index contributed by atoms with van der Waals surface area (Å²) in [6.07, 6.45) is 2.17. The molecule has 0 aliphatic carbocycles. The SMILES string of the molecule is CC(C)(C)OC=O.Oc1cc(Cl)ccc1NC1CCNCC1. The van der Waals surface area contributed by atoms with Crippen LogP contribution in [0.25, 0.3) is 0 Å². The standard InChI is InChI=1S/C11H15ClN2O.C5H10O2/c12-8-1-2-10(11(15)7-8)14-9-3-5-13-6-4-9;1-5(2,3)7-4-6/h1-2,7,9,13-15H,3-6H2;4H,1-3H3. The van der Waals surface area contributed by atoms with Gasteiger partial charge in [0.1, 0.15) is 11.4 Å². The van der Waals surface area contributed by atoms with Crippen LogP contribution in [0, 0.1) is 0 Å². The molecular formula is C16H25ClN2O3. The first-order valence-electron chi connectivity index (χ1n) is 7.39. The number of phenolic OH excluding ortho intramolecular Hbond substituents is 1. The first-order valence-corrected chi connectivity index (χ1v) is 7.77. The number of halogens is 1. The van der Waals surface area contributed by atoms with Gasteiger partial charge in [-0.25, -0.2) is 0 Å². The Hall–Kier alpha value is -1.46. The van der Waals surface area contributed by atoms with Crippen molar-refractivity contribution in [2.75, 3.05) is 18.4 Å². The third kappa shape index (κ3) is 7.52. The molecule has 1 aromatic rings. The van der Waals surface area contributed by atoms with Crippen LogP contribution in [-0.2, 0) is 9.53 Å². The summed E-state index contributed by atoms with van der Waals surface area (Å²) < 4.78 is 4.55. The van der Waals surface area contributed by atoms with E-state index in [1.165, 1.54) is 0 Å². The number of piperidine rings is 1. The second-order valence-electron chi connectivity index (χ2n) is 6.16. The minimum absolute atomic E-state index is 0.223. The first-order chi connectivity index (χ1) is 10.3. The third-order valence-corrected chi connectivity index (χ3v) is 3.30. The van der Waals surface area contributed by atoms with Crippen LogP contribution in [-0.4, -0.2) is 36.3 Å². The molecule has 1 saturated heterocycles. The van der Waals surface area contributed by atoms with Crippen LogP contribution in [0.3, 0.4) is 0 Å². The minimum Gasteiger partial charge on any atom is -0.506 e. The number of anilines is 1. The molecular weight excluding hydrogens is 304 g/mol. The summed E-state index contributed by atoms with van der Waals surface area (Å²) in [6, 6.07) is 5.60. The zero-order valence-electron chi connectivity index (χ0n) is 13.4. The van der Waals surface area contributed by atoms with Crippen LogP contribution in [0.15, 0.2) is 18.2 Å². The van der Waals surface area contributed by atoms with Gasteiger partial charge in [-0.2, -0.15) is 0 Å². The second-order valence-corrected chi connectivity index (χ2v) is 6.59. The second kappa shape index (κ2) is 8.86. The van der Waals surface area contributed by atoms with Crippen LogP contribution in [0.1, 0.15) is 33.6 Å². The van der Waals surface area contributed by atoms with E-state index in [2.05, 4.69) is 15.4 Å². The highest BCUT2D eigenvalue weighted by atomic mass is 35.5. The molecule has 0 atom stereocenters. The van der Waals surface area contributed by atoms with E-state index in [0.717, 1.165) is 31.6 Å². The normalized spacial score (nSPS) is 15.5. The fraction of sp³-hybridized carbons (Fsp3) is 0.562. The maximum absolute atomic E-state index is 9.66. The number of hydrogen-bond donors (Lipinski definition) is 3. The molecule has 5 nitrogen and oxygen atoms in total. The summed E-state index contributed by atoms with van der Waals surface area (Å²) in [6.45, 7) is 7.99. The van der Waals surface area contributed by atoms with Crippen molar-refractivity contribution in [1.29, 1.82) is 0 Å². The van der Waals surface area contributed by atoms with Crippen LogP contribution in [0.2, 0.25) is 5.02 Å². The van der Waals surface area contributed by atoms with E-state index in [1.54, 1.807) is 12.1 Å². The molecule has 3 N–H and O–H groups in total. The van der Waals surface area contributed by atoms with Gasteiger partial charge in [0.2, 0.25) is 0 Å². The molecule has 0 bridgehead atoms. The molecule has 0 unspecified atom stereocenters. The van der Waals surface area contributed by atoms with Gasteiger partial charge in [-0.05, 0) is 58.8 Å². The van der Waals surface area contributed by atoms with Crippen molar-refractivity contribution in [2.24, 2.45) is 0 Å². The number of benzene rings is 1. The Balaban J connectivity index is 0.000000295. The monoisotopic (exact) mass is 328 g/mol. The lowest BCUT2D eigenvalue weighted by Crippen LogP contribution is -2.35. The highest BCUT2D eigenvalue weighted by Gasteiger charge is 2.13. The van der Waals surface area contributed by atoms with Gasteiger partial charge < -0.3 is 20.5 Å². The molecule has 0 aromatic heterocycles. The van der Waals surface area contributed by atoms with Gasteiger partial charge in [0.05, 0.1) is 5.69 Å². The highest BCUT2D eigenvalue weighted by molar-refractivity contribution is 6.30. The summed E-state index contributed by atoms with van der Waals surface area (Å²) >= 11 is 5.76. The van der Waals surface area contributed by atoms with E-state index in [-0.39, 0.29) is 11.4 Å². The Labute approximate surface area is 137 Å². The van der Waals surface area contributed by atoms with Gasteiger partial charge in [-0.15, -0.1) is 0 Å². The Bertz CT molecular complexity index is 469. The molecule has 1 aromatic carbocycles. The van der Waals surface area contributed by atoms with Crippen molar-refractivity contribution < 1.29 is 14.6 Å². The molecule has 0 amide bonds. The van der Waals surface area contributed by atoms with Gasteiger partial charge in [-0.1, -0.05) is 11.6 Å². The average Bonchev–Trinajstić information content (AvgIpc) is 2.42. The number of nitrogens with one attached hydrogen (secondary N) is 2. The van der Waals surface area contributed by atoms with Crippen molar-refractivity contribution in [2.45, 2.75) is 45.3 Å². The highest BCUT2D eigenvalue weighted by Crippen LogP contribution is 2.28. The topological polar surface area (TPSA) is 70.6 Å². The number of hydrogen-bond acceptors (Lipinski definition) is 5. The Kier molecular flexibility index (Phi) is 7.48. The Morgan fingerprint density at radius 1 is 1.36 bits per heavy atom.